The smallest absolute Gasteiger partial charge is 0.272 e. The monoisotopic (exact) mass is 213 g/mol. The molecule has 1 aliphatic rings. The zero-order valence-corrected chi connectivity index (χ0v) is 8.33. The molecule has 0 bridgehead atoms. The number of aromatic nitrogens is 2. The largest absolute Gasteiger partial charge is 0.393 e. The molecule has 76 valence electrons. The highest BCUT2D eigenvalue weighted by Crippen LogP contribution is 2.26. The maximum absolute atomic E-state index is 11.4. The lowest BCUT2D eigenvalue weighted by atomic mass is 9.82. The number of rotatable bonds is 3. The Kier molecular flexibility index (Phi) is 2.74. The van der Waals surface area contributed by atoms with Crippen LogP contribution in [0.2, 0.25) is 0 Å². The molecule has 1 fully saturated rings. The summed E-state index contributed by atoms with van der Waals surface area (Å²) in [4.78, 5) is 11.4. The van der Waals surface area contributed by atoms with Crippen molar-refractivity contribution < 1.29 is 9.90 Å². The van der Waals surface area contributed by atoms with Gasteiger partial charge in [-0.1, -0.05) is 0 Å². The Balaban J connectivity index is 1.74. The lowest BCUT2D eigenvalue weighted by molar-refractivity contribution is 0.0420. The van der Waals surface area contributed by atoms with Gasteiger partial charge in [0.2, 0.25) is 0 Å². The minimum atomic E-state index is -0.180. The van der Waals surface area contributed by atoms with Crippen LogP contribution in [-0.4, -0.2) is 32.4 Å². The molecule has 1 amide bonds. The van der Waals surface area contributed by atoms with E-state index in [0.29, 0.717) is 18.2 Å². The molecule has 0 radical (unpaired) electrons. The van der Waals surface area contributed by atoms with E-state index in [9.17, 15) is 4.79 Å². The lowest BCUT2D eigenvalue weighted by Gasteiger charge is -2.31. The first-order valence-corrected chi connectivity index (χ1v) is 5.22. The Hall–Kier alpha value is -1.01. The second kappa shape index (κ2) is 4.02. The van der Waals surface area contributed by atoms with Crippen molar-refractivity contribution in [3.63, 3.8) is 0 Å². The van der Waals surface area contributed by atoms with E-state index in [-0.39, 0.29) is 12.0 Å². The number of hydrogen-bond donors (Lipinski definition) is 2. The minimum absolute atomic E-state index is 0.169. The van der Waals surface area contributed by atoms with Crippen molar-refractivity contribution in [3.05, 3.63) is 11.9 Å². The predicted octanol–water partition coefficient (Wildman–Crippen LogP) is 0.0388. The normalized spacial score (nSPS) is 25.5. The van der Waals surface area contributed by atoms with Crippen molar-refractivity contribution in [1.82, 2.24) is 14.1 Å². The van der Waals surface area contributed by atoms with Gasteiger partial charge in [-0.3, -0.25) is 4.79 Å². The second-order valence-corrected chi connectivity index (χ2v) is 4.05. The Morgan fingerprint density at radius 1 is 1.71 bits per heavy atom. The first kappa shape index (κ1) is 9.54. The van der Waals surface area contributed by atoms with Crippen LogP contribution >= 0.6 is 11.7 Å². The summed E-state index contributed by atoms with van der Waals surface area (Å²) in [6.07, 6.45) is 2.86. The molecule has 0 aliphatic heterocycles. The van der Waals surface area contributed by atoms with Gasteiger partial charge in [0.05, 0.1) is 24.0 Å². The fourth-order valence-corrected chi connectivity index (χ4v) is 1.87. The van der Waals surface area contributed by atoms with Gasteiger partial charge in [-0.2, -0.15) is 8.75 Å². The van der Waals surface area contributed by atoms with E-state index in [1.54, 1.807) is 0 Å². The summed E-state index contributed by atoms with van der Waals surface area (Å²) in [5, 5.41) is 11.8. The first-order chi connectivity index (χ1) is 6.75. The van der Waals surface area contributed by atoms with Crippen molar-refractivity contribution in [2.24, 2.45) is 5.92 Å². The molecule has 0 spiro atoms. The van der Waals surface area contributed by atoms with E-state index in [4.69, 9.17) is 5.11 Å². The third-order valence-electron chi connectivity index (χ3n) is 2.36. The van der Waals surface area contributed by atoms with E-state index in [0.717, 1.165) is 24.6 Å². The SMILES string of the molecule is O=C(NCC1CC(O)C1)c1cnsn1. The van der Waals surface area contributed by atoms with Crippen molar-refractivity contribution in [1.29, 1.82) is 0 Å². The van der Waals surface area contributed by atoms with Crippen molar-refractivity contribution in [3.8, 4) is 0 Å². The number of amides is 1. The molecule has 1 saturated carbocycles. The van der Waals surface area contributed by atoms with Crippen LogP contribution in [0.3, 0.4) is 0 Å². The molecule has 1 aliphatic carbocycles. The van der Waals surface area contributed by atoms with Gasteiger partial charge in [-0.25, -0.2) is 0 Å². The Labute approximate surface area is 85.5 Å². The van der Waals surface area contributed by atoms with Crippen LogP contribution in [0.25, 0.3) is 0 Å². The van der Waals surface area contributed by atoms with E-state index in [1.807, 2.05) is 0 Å². The number of carbonyl (C=O) groups is 1. The molecule has 0 saturated heterocycles. The number of nitrogens with one attached hydrogen (secondary N) is 1. The average Bonchev–Trinajstić information content (AvgIpc) is 2.62. The Morgan fingerprint density at radius 3 is 3.07 bits per heavy atom. The van der Waals surface area contributed by atoms with E-state index < -0.39 is 0 Å². The maximum atomic E-state index is 11.4. The van der Waals surface area contributed by atoms with Gasteiger partial charge in [0, 0.05) is 6.54 Å². The summed E-state index contributed by atoms with van der Waals surface area (Å²) in [6, 6.07) is 0. The molecule has 1 aromatic heterocycles. The van der Waals surface area contributed by atoms with Crippen LogP contribution in [0, 0.1) is 5.92 Å². The molecule has 0 unspecified atom stereocenters. The van der Waals surface area contributed by atoms with E-state index in [1.165, 1.54) is 6.20 Å². The fourth-order valence-electron chi connectivity index (χ4n) is 1.46. The lowest BCUT2D eigenvalue weighted by Crippen LogP contribution is -2.38. The van der Waals surface area contributed by atoms with Gasteiger partial charge in [-0.05, 0) is 18.8 Å². The zero-order chi connectivity index (χ0) is 9.97. The third-order valence-corrected chi connectivity index (χ3v) is 2.83. The maximum Gasteiger partial charge on any atom is 0.272 e. The number of aliphatic hydroxyl groups is 1. The van der Waals surface area contributed by atoms with Crippen LogP contribution in [0.5, 0.6) is 0 Å². The van der Waals surface area contributed by atoms with Gasteiger partial charge in [0.25, 0.3) is 5.91 Å². The van der Waals surface area contributed by atoms with Crippen LogP contribution in [0.4, 0.5) is 0 Å². The van der Waals surface area contributed by atoms with Crippen LogP contribution in [-0.2, 0) is 0 Å². The molecule has 1 aromatic rings. The summed E-state index contributed by atoms with van der Waals surface area (Å²) >= 11 is 1.02. The molecule has 2 rings (SSSR count). The summed E-state index contributed by atoms with van der Waals surface area (Å²) in [7, 11) is 0. The molecule has 6 heteroatoms. The molecular formula is C8H11N3O2S. The fraction of sp³-hybridized carbons (Fsp3) is 0.625. The summed E-state index contributed by atoms with van der Waals surface area (Å²) in [6.45, 7) is 0.618. The summed E-state index contributed by atoms with van der Waals surface area (Å²) < 4.78 is 7.57. The predicted molar refractivity (Wildman–Crippen MR) is 51.0 cm³/mol. The second-order valence-electron chi connectivity index (χ2n) is 3.49. The topological polar surface area (TPSA) is 75.1 Å². The number of nitrogens with zero attached hydrogens (tertiary/aromatic N) is 2. The minimum Gasteiger partial charge on any atom is -0.393 e. The van der Waals surface area contributed by atoms with Crippen molar-refractivity contribution >= 4 is 17.6 Å². The summed E-state index contributed by atoms with van der Waals surface area (Å²) in [5.74, 6) is 0.237. The summed E-state index contributed by atoms with van der Waals surface area (Å²) in [5.41, 5.74) is 0.370. The Bertz CT molecular complexity index is 308. The van der Waals surface area contributed by atoms with Crippen LogP contribution in [0.15, 0.2) is 6.20 Å². The molecule has 5 nitrogen and oxygen atoms in total. The quantitative estimate of drug-likeness (QED) is 0.743. The van der Waals surface area contributed by atoms with Gasteiger partial charge in [0.15, 0.2) is 5.69 Å². The number of hydrogen-bond acceptors (Lipinski definition) is 5. The molecule has 1 heterocycles. The van der Waals surface area contributed by atoms with Crippen molar-refractivity contribution in [2.45, 2.75) is 18.9 Å². The van der Waals surface area contributed by atoms with Gasteiger partial charge < -0.3 is 10.4 Å². The number of carbonyl (C=O) groups excluding carboxylic acids is 1. The molecule has 0 aromatic carbocycles. The van der Waals surface area contributed by atoms with E-state index in [2.05, 4.69) is 14.1 Å². The van der Waals surface area contributed by atoms with E-state index >= 15 is 0 Å². The molecular weight excluding hydrogens is 202 g/mol. The standard InChI is InChI=1S/C8H11N3O2S/c12-6-1-5(2-6)3-9-8(13)7-4-10-14-11-7/h4-6,12H,1-3H2,(H,9,13). The highest BCUT2D eigenvalue weighted by molar-refractivity contribution is 6.99. The van der Waals surface area contributed by atoms with Crippen molar-refractivity contribution in [2.75, 3.05) is 6.54 Å². The van der Waals surface area contributed by atoms with Crippen LogP contribution in [0.1, 0.15) is 23.3 Å². The van der Waals surface area contributed by atoms with Gasteiger partial charge in [0.1, 0.15) is 0 Å². The first-order valence-electron chi connectivity index (χ1n) is 4.49. The average molecular weight is 213 g/mol. The third kappa shape index (κ3) is 2.08. The van der Waals surface area contributed by atoms with Crippen LogP contribution < -0.4 is 5.32 Å². The molecule has 2 N–H and O–H groups in total. The number of aliphatic hydroxyl groups excluding tert-OH is 1. The molecule has 0 atom stereocenters. The van der Waals surface area contributed by atoms with Gasteiger partial charge in [-0.15, -0.1) is 0 Å². The molecule has 14 heavy (non-hydrogen) atoms. The zero-order valence-electron chi connectivity index (χ0n) is 7.51. The Morgan fingerprint density at radius 2 is 2.50 bits per heavy atom. The highest BCUT2D eigenvalue weighted by Gasteiger charge is 2.27. The van der Waals surface area contributed by atoms with Gasteiger partial charge >= 0.3 is 0 Å². The highest BCUT2D eigenvalue weighted by atomic mass is 32.1.